The maximum Gasteiger partial charge on any atom is 0.251 e. The highest BCUT2D eigenvalue weighted by Crippen LogP contribution is 2.12. The van der Waals surface area contributed by atoms with Crippen LogP contribution in [0.1, 0.15) is 27.6 Å². The summed E-state index contributed by atoms with van der Waals surface area (Å²) in [5.74, 6) is -0.316. The number of carbonyl (C=O) groups is 3. The van der Waals surface area contributed by atoms with E-state index in [1.54, 1.807) is 48.5 Å². The van der Waals surface area contributed by atoms with Crippen LogP contribution >= 0.6 is 0 Å². The molecule has 0 aromatic heterocycles. The van der Waals surface area contributed by atoms with E-state index in [9.17, 15) is 14.4 Å². The quantitative estimate of drug-likeness (QED) is 0.706. The van der Waals surface area contributed by atoms with Gasteiger partial charge in [0, 0.05) is 23.9 Å². The highest BCUT2D eigenvalue weighted by molar-refractivity contribution is 6.00. The van der Waals surface area contributed by atoms with Crippen LogP contribution < -0.4 is 20.7 Å². The molecule has 0 heterocycles. The molecule has 0 aliphatic rings. The van der Waals surface area contributed by atoms with Crippen molar-refractivity contribution in [3.05, 3.63) is 59.7 Å². The van der Waals surface area contributed by atoms with Gasteiger partial charge in [0.05, 0.1) is 13.2 Å². The lowest BCUT2D eigenvalue weighted by Gasteiger charge is -2.09. The van der Waals surface area contributed by atoms with E-state index in [0.717, 1.165) is 0 Å². The highest BCUT2D eigenvalue weighted by atomic mass is 16.5. The fourth-order valence-electron chi connectivity index (χ4n) is 2.22. The molecular weight excluding hydrogens is 334 g/mol. The fraction of sp³-hybridized carbons (Fsp3) is 0.211. The molecule has 26 heavy (non-hydrogen) atoms. The highest BCUT2D eigenvalue weighted by Gasteiger charge is 2.10. The maximum atomic E-state index is 12.1. The normalized spacial score (nSPS) is 9.92. The number of benzene rings is 2. The first kappa shape index (κ1) is 19.0. The summed E-state index contributed by atoms with van der Waals surface area (Å²) in [5, 5.41) is 7.70. The number of hydrogen-bond acceptors (Lipinski definition) is 4. The Morgan fingerprint density at radius 1 is 0.962 bits per heavy atom. The first-order valence-corrected chi connectivity index (χ1v) is 8.16. The van der Waals surface area contributed by atoms with Gasteiger partial charge >= 0.3 is 0 Å². The number of hydrogen-bond donors (Lipinski definition) is 3. The lowest BCUT2D eigenvalue weighted by atomic mass is 10.2. The molecule has 0 saturated carbocycles. The van der Waals surface area contributed by atoms with E-state index in [-0.39, 0.29) is 18.4 Å². The maximum absolute atomic E-state index is 12.1. The summed E-state index contributed by atoms with van der Waals surface area (Å²) >= 11 is 0. The van der Waals surface area contributed by atoms with Gasteiger partial charge in [-0.2, -0.15) is 0 Å². The molecule has 0 radical (unpaired) electrons. The van der Waals surface area contributed by atoms with Crippen molar-refractivity contribution in [1.82, 2.24) is 10.6 Å². The molecule has 7 nitrogen and oxygen atoms in total. The van der Waals surface area contributed by atoms with E-state index in [1.165, 1.54) is 7.05 Å². The zero-order valence-electron chi connectivity index (χ0n) is 14.7. The number of nitrogens with one attached hydrogen (secondary N) is 3. The van der Waals surface area contributed by atoms with Crippen LogP contribution in [-0.4, -0.2) is 37.9 Å². The molecule has 2 rings (SSSR count). The Kier molecular flexibility index (Phi) is 6.73. The molecule has 0 saturated heterocycles. The molecule has 0 bridgehead atoms. The van der Waals surface area contributed by atoms with Gasteiger partial charge in [-0.15, -0.1) is 0 Å². The topological polar surface area (TPSA) is 96.5 Å². The number of amides is 3. The van der Waals surface area contributed by atoms with Crippen molar-refractivity contribution in [3.63, 3.8) is 0 Å². The first-order chi connectivity index (χ1) is 12.5. The van der Waals surface area contributed by atoms with Crippen LogP contribution in [0.25, 0.3) is 0 Å². The van der Waals surface area contributed by atoms with Gasteiger partial charge in [-0.25, -0.2) is 0 Å². The minimum atomic E-state index is -0.390. The zero-order chi connectivity index (χ0) is 18.9. The van der Waals surface area contributed by atoms with E-state index in [0.29, 0.717) is 29.2 Å². The molecule has 2 aromatic carbocycles. The lowest BCUT2D eigenvalue weighted by molar-refractivity contribution is -0.115. The average molecular weight is 355 g/mol. The minimum absolute atomic E-state index is 0.184. The van der Waals surface area contributed by atoms with Crippen molar-refractivity contribution in [2.24, 2.45) is 0 Å². The van der Waals surface area contributed by atoms with Gasteiger partial charge in [-0.05, 0) is 49.4 Å². The van der Waals surface area contributed by atoms with E-state index < -0.39 is 5.91 Å². The van der Waals surface area contributed by atoms with E-state index >= 15 is 0 Å². The summed E-state index contributed by atoms with van der Waals surface area (Å²) in [6, 6.07) is 13.2. The second-order valence-electron chi connectivity index (χ2n) is 5.35. The summed E-state index contributed by atoms with van der Waals surface area (Å²) in [5.41, 5.74) is 1.35. The Bertz CT molecular complexity index is 788. The van der Waals surface area contributed by atoms with Gasteiger partial charge < -0.3 is 20.7 Å². The predicted octanol–water partition coefficient (Wildman–Crippen LogP) is 1.81. The SMILES string of the molecule is CCOc1ccc(C(=O)NCC(=O)Nc2cccc(C(=O)NC)c2)cc1. The third-order valence-electron chi connectivity index (χ3n) is 3.47. The van der Waals surface area contributed by atoms with Crippen LogP contribution in [0.4, 0.5) is 5.69 Å². The molecule has 3 N–H and O–H groups in total. The lowest BCUT2D eigenvalue weighted by Crippen LogP contribution is -2.32. The van der Waals surface area contributed by atoms with Crippen LogP contribution in [-0.2, 0) is 4.79 Å². The Morgan fingerprint density at radius 2 is 1.69 bits per heavy atom. The molecule has 0 fully saturated rings. The van der Waals surface area contributed by atoms with Crippen LogP contribution in [0.5, 0.6) is 5.75 Å². The third-order valence-corrected chi connectivity index (χ3v) is 3.47. The van der Waals surface area contributed by atoms with Gasteiger partial charge in [-0.1, -0.05) is 6.07 Å². The van der Waals surface area contributed by atoms with Crippen molar-refractivity contribution in [3.8, 4) is 5.75 Å². The summed E-state index contributed by atoms with van der Waals surface area (Å²) < 4.78 is 5.32. The fourth-order valence-corrected chi connectivity index (χ4v) is 2.22. The zero-order valence-corrected chi connectivity index (χ0v) is 14.7. The second-order valence-corrected chi connectivity index (χ2v) is 5.35. The van der Waals surface area contributed by atoms with Gasteiger partial charge in [0.1, 0.15) is 5.75 Å². The molecule has 136 valence electrons. The number of carbonyl (C=O) groups excluding carboxylic acids is 3. The Morgan fingerprint density at radius 3 is 2.35 bits per heavy atom. The van der Waals surface area contributed by atoms with Gasteiger partial charge in [0.25, 0.3) is 11.8 Å². The van der Waals surface area contributed by atoms with Gasteiger partial charge in [-0.3, -0.25) is 14.4 Å². The van der Waals surface area contributed by atoms with Crippen LogP contribution in [0.3, 0.4) is 0 Å². The monoisotopic (exact) mass is 355 g/mol. The van der Waals surface area contributed by atoms with Crippen molar-refractivity contribution >= 4 is 23.4 Å². The third kappa shape index (κ3) is 5.34. The summed E-state index contributed by atoms with van der Waals surface area (Å²) in [4.78, 5) is 35.7. The molecule has 3 amide bonds. The van der Waals surface area contributed by atoms with Crippen LogP contribution in [0.2, 0.25) is 0 Å². The molecule has 2 aromatic rings. The standard InChI is InChI=1S/C19H21N3O4/c1-3-26-16-9-7-13(8-10-16)19(25)21-12-17(23)22-15-6-4-5-14(11-15)18(24)20-2/h4-11H,3,12H2,1-2H3,(H,20,24)(H,21,25)(H,22,23). The second kappa shape index (κ2) is 9.22. The van der Waals surface area contributed by atoms with Gasteiger partial charge in [0.15, 0.2) is 0 Å². The summed E-state index contributed by atoms with van der Waals surface area (Å²) in [7, 11) is 1.53. The first-order valence-electron chi connectivity index (χ1n) is 8.16. The number of anilines is 1. The Balaban J connectivity index is 1.88. The number of ether oxygens (including phenoxy) is 1. The van der Waals surface area contributed by atoms with Crippen LogP contribution in [0, 0.1) is 0 Å². The molecule has 0 aliphatic carbocycles. The summed E-state index contributed by atoms with van der Waals surface area (Å²) in [6.07, 6.45) is 0. The van der Waals surface area contributed by atoms with Crippen molar-refractivity contribution in [2.75, 3.05) is 25.5 Å². The Labute approximate surface area is 151 Å². The molecular formula is C19H21N3O4. The molecule has 7 heteroatoms. The van der Waals surface area contributed by atoms with Gasteiger partial charge in [0.2, 0.25) is 5.91 Å². The van der Waals surface area contributed by atoms with Crippen molar-refractivity contribution < 1.29 is 19.1 Å². The minimum Gasteiger partial charge on any atom is -0.494 e. The average Bonchev–Trinajstić information content (AvgIpc) is 2.66. The van der Waals surface area contributed by atoms with Crippen molar-refractivity contribution in [1.29, 1.82) is 0 Å². The predicted molar refractivity (Wildman–Crippen MR) is 98.4 cm³/mol. The van der Waals surface area contributed by atoms with E-state index in [1.807, 2.05) is 6.92 Å². The Hall–Kier alpha value is -3.35. The smallest absolute Gasteiger partial charge is 0.251 e. The van der Waals surface area contributed by atoms with E-state index in [4.69, 9.17) is 4.74 Å². The summed E-state index contributed by atoms with van der Waals surface area (Å²) in [6.45, 7) is 2.24. The van der Waals surface area contributed by atoms with Crippen LogP contribution in [0.15, 0.2) is 48.5 Å². The van der Waals surface area contributed by atoms with Crippen molar-refractivity contribution in [2.45, 2.75) is 6.92 Å². The molecule has 0 spiro atoms. The molecule has 0 aliphatic heterocycles. The number of rotatable bonds is 7. The molecule has 0 unspecified atom stereocenters. The van der Waals surface area contributed by atoms with E-state index in [2.05, 4.69) is 16.0 Å². The largest absolute Gasteiger partial charge is 0.494 e. The molecule has 0 atom stereocenters.